The molecule has 3 N–H and O–H groups in total. The number of aryl methyl sites for hydroxylation is 2. The number of anilines is 2. The molecule has 18 heavy (non-hydrogen) atoms. The van der Waals surface area contributed by atoms with Crippen molar-refractivity contribution in [2.75, 3.05) is 37.7 Å². The molecule has 1 aliphatic rings. The maximum absolute atomic E-state index is 6.06. The van der Waals surface area contributed by atoms with Gasteiger partial charge in [-0.15, -0.1) is 0 Å². The lowest BCUT2D eigenvalue weighted by Crippen LogP contribution is -2.33. The second-order valence-corrected chi connectivity index (χ2v) is 5.65. The van der Waals surface area contributed by atoms with E-state index in [0.29, 0.717) is 0 Å². The Kier molecular flexibility index (Phi) is 4.12. The largest absolute Gasteiger partial charge is 0.397 e. The number of piperidine rings is 1. The van der Waals surface area contributed by atoms with Crippen LogP contribution in [0.5, 0.6) is 0 Å². The van der Waals surface area contributed by atoms with Crippen molar-refractivity contribution in [3.8, 4) is 0 Å². The van der Waals surface area contributed by atoms with Gasteiger partial charge in [0, 0.05) is 6.54 Å². The van der Waals surface area contributed by atoms with Gasteiger partial charge in [0.05, 0.1) is 11.4 Å². The van der Waals surface area contributed by atoms with Crippen LogP contribution in [-0.4, -0.2) is 31.6 Å². The van der Waals surface area contributed by atoms with Gasteiger partial charge in [-0.2, -0.15) is 0 Å². The second kappa shape index (κ2) is 5.61. The Labute approximate surface area is 110 Å². The molecule has 0 aliphatic carbocycles. The van der Waals surface area contributed by atoms with Crippen LogP contribution in [0.15, 0.2) is 12.1 Å². The van der Waals surface area contributed by atoms with Gasteiger partial charge < -0.3 is 16.0 Å². The molecule has 1 fully saturated rings. The smallest absolute Gasteiger partial charge is 0.0576 e. The van der Waals surface area contributed by atoms with E-state index in [9.17, 15) is 0 Å². The molecule has 3 nitrogen and oxygen atoms in total. The molecule has 0 radical (unpaired) electrons. The second-order valence-electron chi connectivity index (χ2n) is 5.65. The molecule has 1 aromatic carbocycles. The van der Waals surface area contributed by atoms with Crippen LogP contribution in [-0.2, 0) is 0 Å². The predicted molar refractivity (Wildman–Crippen MR) is 79.0 cm³/mol. The van der Waals surface area contributed by atoms with E-state index in [0.717, 1.165) is 23.8 Å². The molecule has 0 saturated carbocycles. The fourth-order valence-corrected chi connectivity index (χ4v) is 2.51. The highest BCUT2D eigenvalue weighted by Crippen LogP contribution is 2.24. The van der Waals surface area contributed by atoms with Gasteiger partial charge in [-0.3, -0.25) is 0 Å². The predicted octanol–water partition coefficient (Wildman–Crippen LogP) is 2.64. The summed E-state index contributed by atoms with van der Waals surface area (Å²) in [7, 11) is 2.20. The molecular weight excluding hydrogens is 222 g/mol. The maximum atomic E-state index is 6.06. The molecule has 0 bridgehead atoms. The van der Waals surface area contributed by atoms with E-state index in [1.54, 1.807) is 0 Å². The highest BCUT2D eigenvalue weighted by Gasteiger charge is 2.16. The van der Waals surface area contributed by atoms with Gasteiger partial charge in [-0.25, -0.2) is 0 Å². The van der Waals surface area contributed by atoms with Gasteiger partial charge in [0.25, 0.3) is 0 Å². The fourth-order valence-electron chi connectivity index (χ4n) is 2.51. The first-order chi connectivity index (χ1) is 8.56. The first kappa shape index (κ1) is 13.2. The van der Waals surface area contributed by atoms with E-state index in [-0.39, 0.29) is 0 Å². The Morgan fingerprint density at radius 1 is 1.22 bits per heavy atom. The van der Waals surface area contributed by atoms with Gasteiger partial charge in [-0.05, 0) is 76.0 Å². The van der Waals surface area contributed by atoms with Gasteiger partial charge in [-0.1, -0.05) is 0 Å². The van der Waals surface area contributed by atoms with Crippen LogP contribution < -0.4 is 11.1 Å². The summed E-state index contributed by atoms with van der Waals surface area (Å²) in [5, 5.41) is 3.52. The van der Waals surface area contributed by atoms with E-state index in [4.69, 9.17) is 5.73 Å². The number of nitrogens with zero attached hydrogens (tertiary/aromatic N) is 1. The number of nitrogen functional groups attached to an aromatic ring is 1. The van der Waals surface area contributed by atoms with Crippen LogP contribution in [0.4, 0.5) is 11.4 Å². The lowest BCUT2D eigenvalue weighted by molar-refractivity contribution is 0.226. The number of nitrogens with one attached hydrogen (secondary N) is 1. The molecule has 100 valence electrons. The van der Waals surface area contributed by atoms with E-state index in [1.165, 1.54) is 37.1 Å². The summed E-state index contributed by atoms with van der Waals surface area (Å²) in [5.74, 6) is 0.780. The highest BCUT2D eigenvalue weighted by atomic mass is 15.1. The van der Waals surface area contributed by atoms with Crippen molar-refractivity contribution in [2.45, 2.75) is 26.7 Å². The van der Waals surface area contributed by atoms with Gasteiger partial charge in [0.15, 0.2) is 0 Å². The van der Waals surface area contributed by atoms with Crippen LogP contribution in [0, 0.1) is 19.8 Å². The van der Waals surface area contributed by atoms with Gasteiger partial charge >= 0.3 is 0 Å². The number of benzene rings is 1. The monoisotopic (exact) mass is 247 g/mol. The zero-order chi connectivity index (χ0) is 13.1. The SMILES string of the molecule is Cc1cc(N)c(NCC2CCN(C)CC2)cc1C. The molecule has 0 spiro atoms. The molecule has 0 aromatic heterocycles. The molecule has 3 heteroatoms. The summed E-state index contributed by atoms with van der Waals surface area (Å²) in [6.45, 7) is 7.71. The number of hydrogen-bond acceptors (Lipinski definition) is 3. The molecule has 1 aliphatic heterocycles. The highest BCUT2D eigenvalue weighted by molar-refractivity contribution is 5.68. The molecule has 1 aromatic rings. The third kappa shape index (κ3) is 3.16. The Balaban J connectivity index is 1.92. The van der Waals surface area contributed by atoms with E-state index in [2.05, 4.69) is 43.2 Å². The number of rotatable bonds is 3. The Hall–Kier alpha value is -1.22. The molecule has 1 saturated heterocycles. The van der Waals surface area contributed by atoms with Crippen molar-refractivity contribution in [3.05, 3.63) is 23.3 Å². The molecule has 0 atom stereocenters. The van der Waals surface area contributed by atoms with Crippen LogP contribution >= 0.6 is 0 Å². The molecular formula is C15H25N3. The van der Waals surface area contributed by atoms with Crippen molar-refractivity contribution in [3.63, 3.8) is 0 Å². The van der Waals surface area contributed by atoms with Crippen molar-refractivity contribution in [1.82, 2.24) is 4.90 Å². The third-order valence-electron chi connectivity index (χ3n) is 4.09. The number of hydrogen-bond donors (Lipinski definition) is 2. The third-order valence-corrected chi connectivity index (χ3v) is 4.09. The zero-order valence-corrected chi connectivity index (χ0v) is 11.8. The van der Waals surface area contributed by atoms with Gasteiger partial charge in [0.2, 0.25) is 0 Å². The molecule has 1 heterocycles. The summed E-state index contributed by atoms with van der Waals surface area (Å²) in [5.41, 5.74) is 10.6. The van der Waals surface area contributed by atoms with E-state index >= 15 is 0 Å². The Bertz CT molecular complexity index is 406. The lowest BCUT2D eigenvalue weighted by Gasteiger charge is -2.29. The maximum Gasteiger partial charge on any atom is 0.0576 e. The fraction of sp³-hybridized carbons (Fsp3) is 0.600. The average molecular weight is 247 g/mol. The quantitative estimate of drug-likeness (QED) is 0.807. The Morgan fingerprint density at radius 2 is 1.83 bits per heavy atom. The summed E-state index contributed by atoms with van der Waals surface area (Å²) in [4.78, 5) is 2.40. The topological polar surface area (TPSA) is 41.3 Å². The van der Waals surface area contributed by atoms with Crippen molar-refractivity contribution in [2.24, 2.45) is 5.92 Å². The van der Waals surface area contributed by atoms with E-state index < -0.39 is 0 Å². The number of likely N-dealkylation sites (tertiary alicyclic amines) is 1. The van der Waals surface area contributed by atoms with Crippen LogP contribution in [0.1, 0.15) is 24.0 Å². The minimum atomic E-state index is 0.780. The van der Waals surface area contributed by atoms with Crippen molar-refractivity contribution < 1.29 is 0 Å². The first-order valence-electron chi connectivity index (χ1n) is 6.85. The van der Waals surface area contributed by atoms with Crippen LogP contribution in [0.2, 0.25) is 0 Å². The number of nitrogens with two attached hydrogens (primary N) is 1. The standard InChI is InChI=1S/C15H25N3/c1-11-8-14(16)15(9-12(11)2)17-10-13-4-6-18(3)7-5-13/h8-9,13,17H,4-7,10,16H2,1-3H3. The minimum absolute atomic E-state index is 0.780. The van der Waals surface area contributed by atoms with Crippen LogP contribution in [0.3, 0.4) is 0 Å². The summed E-state index contributed by atoms with van der Waals surface area (Å²) in [6.07, 6.45) is 2.57. The zero-order valence-electron chi connectivity index (χ0n) is 11.8. The molecule has 0 amide bonds. The normalized spacial score (nSPS) is 17.9. The summed E-state index contributed by atoms with van der Waals surface area (Å²) in [6, 6.07) is 4.23. The molecule has 0 unspecified atom stereocenters. The van der Waals surface area contributed by atoms with Crippen molar-refractivity contribution in [1.29, 1.82) is 0 Å². The summed E-state index contributed by atoms with van der Waals surface area (Å²) < 4.78 is 0. The average Bonchev–Trinajstić information content (AvgIpc) is 2.34. The lowest BCUT2D eigenvalue weighted by atomic mass is 9.97. The van der Waals surface area contributed by atoms with Crippen LogP contribution in [0.25, 0.3) is 0 Å². The summed E-state index contributed by atoms with van der Waals surface area (Å²) >= 11 is 0. The first-order valence-corrected chi connectivity index (χ1v) is 6.85. The van der Waals surface area contributed by atoms with E-state index in [1.807, 2.05) is 0 Å². The minimum Gasteiger partial charge on any atom is -0.397 e. The Morgan fingerprint density at radius 3 is 2.50 bits per heavy atom. The van der Waals surface area contributed by atoms with Gasteiger partial charge in [0.1, 0.15) is 0 Å². The van der Waals surface area contributed by atoms with Crippen molar-refractivity contribution >= 4 is 11.4 Å². The molecule has 2 rings (SSSR count).